The van der Waals surface area contributed by atoms with E-state index in [9.17, 15) is 26.8 Å². The first kappa shape index (κ1) is 21.5. The highest BCUT2D eigenvalue weighted by atomic mass is 32.2. The van der Waals surface area contributed by atoms with Crippen LogP contribution in [0.5, 0.6) is 0 Å². The highest BCUT2D eigenvalue weighted by Crippen LogP contribution is 2.20. The molecule has 0 fully saturated rings. The van der Waals surface area contributed by atoms with Gasteiger partial charge in [0.25, 0.3) is 0 Å². The van der Waals surface area contributed by atoms with Crippen LogP contribution in [0.1, 0.15) is 31.4 Å². The fourth-order valence-electron chi connectivity index (χ4n) is 2.42. The predicted octanol–water partition coefficient (Wildman–Crippen LogP) is 3.28. The highest BCUT2D eigenvalue weighted by molar-refractivity contribution is 7.91. The molecule has 2 N–H and O–H groups in total. The molecule has 28 heavy (non-hydrogen) atoms. The minimum absolute atomic E-state index is 0.0269. The van der Waals surface area contributed by atoms with E-state index in [1.165, 1.54) is 12.1 Å². The Morgan fingerprint density at radius 2 is 1.50 bits per heavy atom. The van der Waals surface area contributed by atoms with Gasteiger partial charge in [-0.1, -0.05) is 30.3 Å². The van der Waals surface area contributed by atoms with Crippen molar-refractivity contribution in [3.05, 3.63) is 60.2 Å². The third-order valence-electron chi connectivity index (χ3n) is 3.96. The van der Waals surface area contributed by atoms with Crippen molar-refractivity contribution < 1.29 is 26.8 Å². The van der Waals surface area contributed by atoms with E-state index in [1.807, 2.05) is 37.3 Å². The van der Waals surface area contributed by atoms with Gasteiger partial charge in [-0.25, -0.2) is 8.42 Å². The molecule has 0 heterocycles. The molecule has 150 valence electrons. The van der Waals surface area contributed by atoms with Gasteiger partial charge in [0.05, 0.1) is 10.9 Å². The van der Waals surface area contributed by atoms with Crippen LogP contribution in [0.3, 0.4) is 0 Å². The number of benzene rings is 2. The normalized spacial score (nSPS) is 12.4. The Labute approximate surface area is 161 Å². The van der Waals surface area contributed by atoms with Gasteiger partial charge in [0, 0.05) is 18.5 Å². The number of amides is 2. The van der Waals surface area contributed by atoms with Crippen molar-refractivity contribution in [2.45, 2.75) is 36.5 Å². The van der Waals surface area contributed by atoms with Gasteiger partial charge in [-0.15, -0.1) is 0 Å². The molecule has 0 aliphatic carbocycles. The van der Waals surface area contributed by atoms with Crippen LogP contribution in [0.25, 0.3) is 0 Å². The van der Waals surface area contributed by atoms with Crippen molar-refractivity contribution in [1.29, 1.82) is 0 Å². The van der Waals surface area contributed by atoms with Crippen LogP contribution in [0.2, 0.25) is 0 Å². The third-order valence-corrected chi connectivity index (χ3v) is 5.36. The van der Waals surface area contributed by atoms with E-state index in [1.54, 1.807) is 0 Å². The molecule has 0 aliphatic heterocycles. The number of hydrogen-bond acceptors (Lipinski definition) is 4. The van der Waals surface area contributed by atoms with Crippen molar-refractivity contribution >= 4 is 27.3 Å². The van der Waals surface area contributed by atoms with Crippen LogP contribution in [-0.4, -0.2) is 26.0 Å². The van der Waals surface area contributed by atoms with Crippen LogP contribution in [0.4, 0.5) is 14.5 Å². The fraction of sp³-hybridized carbons (Fsp3) is 0.263. The zero-order chi connectivity index (χ0) is 20.7. The first-order chi connectivity index (χ1) is 13.2. The lowest BCUT2D eigenvalue weighted by atomic mass is 10.1. The van der Waals surface area contributed by atoms with Crippen molar-refractivity contribution in [1.82, 2.24) is 5.32 Å². The maximum Gasteiger partial charge on any atom is 0.341 e. The first-order valence-electron chi connectivity index (χ1n) is 8.46. The molecule has 2 aromatic rings. The average molecular weight is 410 g/mol. The largest absolute Gasteiger partial charge is 0.350 e. The summed E-state index contributed by atoms with van der Waals surface area (Å²) < 4.78 is 47.7. The van der Waals surface area contributed by atoms with Gasteiger partial charge in [-0.2, -0.15) is 8.78 Å². The predicted molar refractivity (Wildman–Crippen MR) is 100 cm³/mol. The van der Waals surface area contributed by atoms with E-state index in [2.05, 4.69) is 10.6 Å². The zero-order valence-corrected chi connectivity index (χ0v) is 15.9. The molecule has 0 spiro atoms. The molecule has 6 nitrogen and oxygen atoms in total. The highest BCUT2D eigenvalue weighted by Gasteiger charge is 2.26. The number of sulfone groups is 1. The molecule has 0 aromatic heterocycles. The summed E-state index contributed by atoms with van der Waals surface area (Å²) in [6.07, 6.45) is -0.106. The summed E-state index contributed by atoms with van der Waals surface area (Å²) in [5.74, 6) is -4.25. The molecular weight excluding hydrogens is 390 g/mol. The number of carbonyl (C=O) groups is 2. The maximum atomic E-state index is 12.5. The molecule has 9 heteroatoms. The Kier molecular flexibility index (Phi) is 7.22. The lowest BCUT2D eigenvalue weighted by Crippen LogP contribution is -2.27. The summed E-state index contributed by atoms with van der Waals surface area (Å²) in [7, 11) is -4.68. The Morgan fingerprint density at radius 3 is 2.07 bits per heavy atom. The van der Waals surface area contributed by atoms with Gasteiger partial charge < -0.3 is 10.6 Å². The van der Waals surface area contributed by atoms with Crippen LogP contribution < -0.4 is 10.6 Å². The Hall–Kier alpha value is -2.81. The summed E-state index contributed by atoms with van der Waals surface area (Å²) >= 11 is 0. The van der Waals surface area contributed by atoms with Crippen molar-refractivity contribution in [2.24, 2.45) is 0 Å². The molecule has 2 rings (SSSR count). The number of nitrogens with one attached hydrogen (secondary N) is 2. The van der Waals surface area contributed by atoms with Crippen molar-refractivity contribution in [2.75, 3.05) is 5.32 Å². The number of halogens is 2. The topological polar surface area (TPSA) is 92.3 Å². The van der Waals surface area contributed by atoms with E-state index >= 15 is 0 Å². The summed E-state index contributed by atoms with van der Waals surface area (Å²) in [5, 5.41) is 5.28. The van der Waals surface area contributed by atoms with Crippen LogP contribution in [0.15, 0.2) is 59.5 Å². The Morgan fingerprint density at radius 1 is 0.929 bits per heavy atom. The number of alkyl halides is 2. The standard InChI is InChI=1S/C19H20F2N2O4S/c1-13(14-5-3-2-4-6-14)22-17(24)11-12-18(25)23-15-7-9-16(10-8-15)28(26,27)19(20)21/h2-10,13,19H,11-12H2,1H3,(H,22,24)(H,23,25)/t13-/m1/s1. The quantitative estimate of drug-likeness (QED) is 0.699. The van der Waals surface area contributed by atoms with Gasteiger partial charge in [-0.05, 0) is 36.8 Å². The van der Waals surface area contributed by atoms with E-state index in [0.717, 1.165) is 17.7 Å². The lowest BCUT2D eigenvalue weighted by molar-refractivity contribution is -0.124. The van der Waals surface area contributed by atoms with Gasteiger partial charge >= 0.3 is 5.76 Å². The van der Waals surface area contributed by atoms with Crippen molar-refractivity contribution in [3.8, 4) is 0 Å². The Bertz CT molecular complexity index is 917. The monoisotopic (exact) mass is 410 g/mol. The number of carbonyl (C=O) groups excluding carboxylic acids is 2. The molecule has 0 bridgehead atoms. The van der Waals surface area contributed by atoms with Gasteiger partial charge in [0.1, 0.15) is 0 Å². The van der Waals surface area contributed by atoms with Crippen LogP contribution in [0, 0.1) is 0 Å². The molecule has 0 aliphatic rings. The third kappa shape index (κ3) is 5.85. The summed E-state index contributed by atoms with van der Waals surface area (Å²) in [6.45, 7) is 1.84. The van der Waals surface area contributed by atoms with Gasteiger partial charge in [0.15, 0.2) is 0 Å². The fourth-order valence-corrected chi connectivity index (χ4v) is 3.14. The first-order valence-corrected chi connectivity index (χ1v) is 10.0. The van der Waals surface area contributed by atoms with Crippen LogP contribution in [-0.2, 0) is 19.4 Å². The van der Waals surface area contributed by atoms with E-state index in [4.69, 9.17) is 0 Å². The van der Waals surface area contributed by atoms with Crippen LogP contribution >= 0.6 is 0 Å². The second kappa shape index (κ2) is 9.41. The smallest absolute Gasteiger partial charge is 0.341 e. The molecule has 2 aromatic carbocycles. The van der Waals surface area contributed by atoms with Crippen molar-refractivity contribution in [3.63, 3.8) is 0 Å². The molecule has 1 atom stereocenters. The molecule has 0 saturated heterocycles. The molecular formula is C19H20F2N2O4S. The second-order valence-corrected chi connectivity index (χ2v) is 8.00. The average Bonchev–Trinajstić information content (AvgIpc) is 2.67. The molecule has 0 saturated carbocycles. The zero-order valence-electron chi connectivity index (χ0n) is 15.1. The maximum absolute atomic E-state index is 12.5. The van der Waals surface area contributed by atoms with Gasteiger partial charge in [-0.3, -0.25) is 9.59 Å². The lowest BCUT2D eigenvalue weighted by Gasteiger charge is -2.14. The summed E-state index contributed by atoms with van der Waals surface area (Å²) in [6, 6.07) is 13.6. The van der Waals surface area contributed by atoms with E-state index in [-0.39, 0.29) is 30.5 Å². The van der Waals surface area contributed by atoms with E-state index in [0.29, 0.717) is 0 Å². The SMILES string of the molecule is C[C@@H](NC(=O)CCC(=O)Nc1ccc(S(=O)(=O)C(F)F)cc1)c1ccccc1. The molecule has 0 radical (unpaired) electrons. The molecule has 0 unspecified atom stereocenters. The van der Waals surface area contributed by atoms with Gasteiger partial charge in [0.2, 0.25) is 21.7 Å². The second-order valence-electron chi connectivity index (χ2n) is 6.08. The van der Waals surface area contributed by atoms with E-state index < -0.39 is 26.4 Å². The number of rotatable bonds is 8. The molecule has 2 amide bonds. The Balaban J connectivity index is 1.83. The minimum Gasteiger partial charge on any atom is -0.350 e. The summed E-state index contributed by atoms with van der Waals surface area (Å²) in [5.41, 5.74) is 1.19. The number of anilines is 1. The number of hydrogen-bond donors (Lipinski definition) is 2. The summed E-state index contributed by atoms with van der Waals surface area (Å²) in [4.78, 5) is 23.4. The minimum atomic E-state index is -4.68.